The van der Waals surface area contributed by atoms with Gasteiger partial charge in [-0.3, -0.25) is 0 Å². The normalized spacial score (nSPS) is 51.7. The van der Waals surface area contributed by atoms with Crippen LogP contribution in [0.5, 0.6) is 0 Å². The Hall–Kier alpha value is -0.120. The van der Waals surface area contributed by atoms with Crippen molar-refractivity contribution >= 4 is 0 Å². The molecular formula is C14H22O3. The summed E-state index contributed by atoms with van der Waals surface area (Å²) in [5.41, 5.74) is 0.226. The first-order valence-corrected chi connectivity index (χ1v) is 7.21. The van der Waals surface area contributed by atoms with Gasteiger partial charge in [0.2, 0.25) is 0 Å². The van der Waals surface area contributed by atoms with Gasteiger partial charge in [0, 0.05) is 12.3 Å². The Morgan fingerprint density at radius 3 is 2.65 bits per heavy atom. The molecule has 1 saturated heterocycles. The smallest absolute Gasteiger partial charge is 0.171 e. The van der Waals surface area contributed by atoms with Gasteiger partial charge in [-0.25, -0.2) is 0 Å². The zero-order chi connectivity index (χ0) is 11.5. The van der Waals surface area contributed by atoms with E-state index in [-0.39, 0.29) is 17.3 Å². The number of hydrogen-bond donors (Lipinski definition) is 1. The van der Waals surface area contributed by atoms with Gasteiger partial charge in [0.05, 0.1) is 19.3 Å². The van der Waals surface area contributed by atoms with Crippen LogP contribution in [0.25, 0.3) is 0 Å². The Bertz CT molecular complexity index is 323. The number of hydrogen-bond acceptors (Lipinski definition) is 3. The lowest BCUT2D eigenvalue weighted by molar-refractivity contribution is -0.221. The second-order valence-corrected chi connectivity index (χ2v) is 6.52. The summed E-state index contributed by atoms with van der Waals surface area (Å²) in [6, 6.07) is 0. The minimum Gasteiger partial charge on any atom is -0.393 e. The molecule has 4 aliphatic rings. The Kier molecular flexibility index (Phi) is 2.19. The maximum absolute atomic E-state index is 10.4. The molecular weight excluding hydrogens is 216 g/mol. The maximum Gasteiger partial charge on any atom is 0.171 e. The highest BCUT2D eigenvalue weighted by Gasteiger charge is 2.63. The van der Waals surface area contributed by atoms with E-state index in [0.717, 1.165) is 44.8 Å². The third-order valence-electron chi connectivity index (χ3n) is 6.04. The predicted molar refractivity (Wildman–Crippen MR) is 62.4 cm³/mol. The lowest BCUT2D eigenvalue weighted by atomic mass is 9.62. The van der Waals surface area contributed by atoms with E-state index in [2.05, 4.69) is 0 Å². The average Bonchev–Trinajstić information content (AvgIpc) is 2.89. The van der Waals surface area contributed by atoms with Gasteiger partial charge in [-0.05, 0) is 43.4 Å². The molecule has 0 radical (unpaired) electrons. The van der Waals surface area contributed by atoms with Gasteiger partial charge >= 0.3 is 0 Å². The molecule has 0 aromatic carbocycles. The van der Waals surface area contributed by atoms with Crippen molar-refractivity contribution in [2.75, 3.05) is 13.2 Å². The second kappa shape index (κ2) is 3.46. The largest absolute Gasteiger partial charge is 0.393 e. The van der Waals surface area contributed by atoms with Gasteiger partial charge < -0.3 is 14.6 Å². The van der Waals surface area contributed by atoms with E-state index in [9.17, 15) is 5.11 Å². The molecule has 2 spiro atoms. The molecule has 1 aliphatic heterocycles. The van der Waals surface area contributed by atoms with Crippen molar-refractivity contribution < 1.29 is 14.6 Å². The molecule has 2 bridgehead atoms. The Morgan fingerprint density at radius 1 is 1.00 bits per heavy atom. The van der Waals surface area contributed by atoms with E-state index in [1.54, 1.807) is 0 Å². The molecule has 3 saturated carbocycles. The van der Waals surface area contributed by atoms with Gasteiger partial charge in [-0.15, -0.1) is 0 Å². The van der Waals surface area contributed by atoms with Gasteiger partial charge in [0.1, 0.15) is 0 Å². The van der Waals surface area contributed by atoms with Crippen molar-refractivity contribution in [1.82, 2.24) is 0 Å². The van der Waals surface area contributed by atoms with Crippen LogP contribution in [-0.4, -0.2) is 30.2 Å². The third kappa shape index (κ3) is 1.28. The molecule has 1 N–H and O–H groups in total. The summed E-state index contributed by atoms with van der Waals surface area (Å²) in [7, 11) is 0. The molecule has 96 valence electrons. The molecule has 0 aromatic rings. The molecule has 17 heavy (non-hydrogen) atoms. The Labute approximate surface area is 102 Å². The first-order valence-electron chi connectivity index (χ1n) is 7.21. The van der Waals surface area contributed by atoms with Crippen LogP contribution in [0.2, 0.25) is 0 Å². The SMILES string of the molecule is O[C@@H]1CCC[C@H]2CC3C[C@@]21CCC31OCCO1. The van der Waals surface area contributed by atoms with Crippen LogP contribution < -0.4 is 0 Å². The predicted octanol–water partition coefficient (Wildman–Crippen LogP) is 2.08. The first kappa shape index (κ1) is 10.8. The highest BCUT2D eigenvalue weighted by atomic mass is 16.7. The molecule has 0 aromatic heterocycles. The van der Waals surface area contributed by atoms with Crippen molar-refractivity contribution in [3.8, 4) is 0 Å². The number of fused-ring (bicyclic) bond motifs is 2. The molecule has 3 nitrogen and oxygen atoms in total. The summed E-state index contributed by atoms with van der Waals surface area (Å²) in [6.07, 6.45) is 7.93. The van der Waals surface area contributed by atoms with E-state index in [0.29, 0.717) is 5.92 Å². The summed E-state index contributed by atoms with van der Waals surface area (Å²) in [4.78, 5) is 0. The fourth-order valence-electron chi connectivity index (χ4n) is 5.21. The van der Waals surface area contributed by atoms with Gasteiger partial charge in [0.25, 0.3) is 0 Å². The molecule has 1 heterocycles. The zero-order valence-electron chi connectivity index (χ0n) is 10.4. The van der Waals surface area contributed by atoms with Gasteiger partial charge in [-0.2, -0.15) is 0 Å². The lowest BCUT2D eigenvalue weighted by Crippen LogP contribution is -2.48. The topological polar surface area (TPSA) is 38.7 Å². The number of aliphatic hydroxyl groups excluding tert-OH is 1. The summed E-state index contributed by atoms with van der Waals surface area (Å²) >= 11 is 0. The summed E-state index contributed by atoms with van der Waals surface area (Å²) in [5, 5.41) is 10.4. The fourth-order valence-corrected chi connectivity index (χ4v) is 5.21. The van der Waals surface area contributed by atoms with E-state index in [4.69, 9.17) is 9.47 Å². The van der Waals surface area contributed by atoms with Crippen LogP contribution in [0.3, 0.4) is 0 Å². The minimum atomic E-state index is -0.262. The molecule has 3 aliphatic carbocycles. The van der Waals surface area contributed by atoms with Crippen LogP contribution in [0, 0.1) is 17.3 Å². The van der Waals surface area contributed by atoms with E-state index in [1.807, 2.05) is 0 Å². The van der Waals surface area contributed by atoms with Crippen molar-refractivity contribution in [2.24, 2.45) is 17.3 Å². The van der Waals surface area contributed by atoms with Gasteiger partial charge in [-0.1, -0.05) is 6.42 Å². The lowest BCUT2D eigenvalue weighted by Gasteiger charge is -2.48. The second-order valence-electron chi connectivity index (χ2n) is 6.52. The van der Waals surface area contributed by atoms with Crippen molar-refractivity contribution in [3.05, 3.63) is 0 Å². The van der Waals surface area contributed by atoms with E-state index < -0.39 is 0 Å². The van der Waals surface area contributed by atoms with Crippen molar-refractivity contribution in [1.29, 1.82) is 0 Å². The fraction of sp³-hybridized carbons (Fsp3) is 1.00. The van der Waals surface area contributed by atoms with Crippen molar-refractivity contribution in [2.45, 2.75) is 56.8 Å². The molecule has 4 fully saturated rings. The van der Waals surface area contributed by atoms with Crippen LogP contribution in [-0.2, 0) is 9.47 Å². The standard InChI is InChI=1S/C14H22O3/c15-12-3-1-2-10-8-11-9-13(10,12)4-5-14(11)16-6-7-17-14/h10-12,15H,1-9H2/t10-,11?,12+,13-/m0/s1. The highest BCUT2D eigenvalue weighted by molar-refractivity contribution is 5.09. The molecule has 0 amide bonds. The number of aliphatic hydroxyl groups is 1. The molecule has 4 atom stereocenters. The van der Waals surface area contributed by atoms with Crippen LogP contribution in [0.4, 0.5) is 0 Å². The maximum atomic E-state index is 10.4. The summed E-state index contributed by atoms with van der Waals surface area (Å²) in [5.74, 6) is 1.00. The van der Waals surface area contributed by atoms with Gasteiger partial charge in [0.15, 0.2) is 5.79 Å². The third-order valence-corrected chi connectivity index (χ3v) is 6.04. The summed E-state index contributed by atoms with van der Waals surface area (Å²) < 4.78 is 11.9. The molecule has 3 heteroatoms. The molecule has 1 unspecified atom stereocenters. The Balaban J connectivity index is 1.66. The Morgan fingerprint density at radius 2 is 1.82 bits per heavy atom. The van der Waals surface area contributed by atoms with Crippen LogP contribution in [0.1, 0.15) is 44.9 Å². The molecule has 4 rings (SSSR count). The average molecular weight is 238 g/mol. The monoisotopic (exact) mass is 238 g/mol. The quantitative estimate of drug-likeness (QED) is 0.702. The van der Waals surface area contributed by atoms with E-state index in [1.165, 1.54) is 19.3 Å². The first-order chi connectivity index (χ1) is 8.25. The van der Waals surface area contributed by atoms with E-state index >= 15 is 0 Å². The van der Waals surface area contributed by atoms with Crippen molar-refractivity contribution in [3.63, 3.8) is 0 Å². The minimum absolute atomic E-state index is 0.0648. The highest BCUT2D eigenvalue weighted by Crippen LogP contribution is 2.64. The number of ether oxygens (including phenoxy) is 2. The summed E-state index contributed by atoms with van der Waals surface area (Å²) in [6.45, 7) is 1.52. The van der Waals surface area contributed by atoms with Crippen LogP contribution >= 0.6 is 0 Å². The number of rotatable bonds is 0. The zero-order valence-corrected chi connectivity index (χ0v) is 10.4. The van der Waals surface area contributed by atoms with Crippen LogP contribution in [0.15, 0.2) is 0 Å².